The second kappa shape index (κ2) is 7.96. The minimum atomic E-state index is -0.255. The fourth-order valence-electron chi connectivity index (χ4n) is 4.15. The molecule has 1 amide bonds. The number of hydrogen-bond acceptors (Lipinski definition) is 5. The summed E-state index contributed by atoms with van der Waals surface area (Å²) in [6.45, 7) is 4.13. The highest BCUT2D eigenvalue weighted by molar-refractivity contribution is 6.07. The van der Waals surface area contributed by atoms with Crippen LogP contribution in [0.3, 0.4) is 0 Å². The monoisotopic (exact) mass is 415 g/mol. The molecule has 0 spiro atoms. The Bertz CT molecular complexity index is 1220. The van der Waals surface area contributed by atoms with Gasteiger partial charge >= 0.3 is 0 Å². The lowest BCUT2D eigenvalue weighted by Crippen LogP contribution is -2.31. The maximum absolute atomic E-state index is 13.1. The zero-order chi connectivity index (χ0) is 21.4. The highest BCUT2D eigenvalue weighted by Gasteiger charge is 2.24. The number of rotatable bonds is 4. The van der Waals surface area contributed by atoms with Crippen molar-refractivity contribution in [3.8, 4) is 5.69 Å². The number of hydrogen-bond donors (Lipinski definition) is 1. The summed E-state index contributed by atoms with van der Waals surface area (Å²) in [5, 5.41) is 12.2. The lowest BCUT2D eigenvalue weighted by atomic mass is 9.95. The van der Waals surface area contributed by atoms with Gasteiger partial charge in [-0.25, -0.2) is 14.2 Å². The Balaban J connectivity index is 1.51. The Morgan fingerprint density at radius 1 is 1.23 bits per heavy atom. The highest BCUT2D eigenvalue weighted by atomic mass is 16.1. The molecule has 1 saturated heterocycles. The first kappa shape index (κ1) is 19.4. The van der Waals surface area contributed by atoms with Crippen LogP contribution in [0.15, 0.2) is 55.0 Å². The van der Waals surface area contributed by atoms with Crippen molar-refractivity contribution in [2.45, 2.75) is 25.7 Å². The van der Waals surface area contributed by atoms with E-state index in [4.69, 9.17) is 5.10 Å². The van der Waals surface area contributed by atoms with Crippen LogP contribution in [0.5, 0.6) is 0 Å². The third kappa shape index (κ3) is 3.82. The van der Waals surface area contributed by atoms with Gasteiger partial charge in [0.05, 0.1) is 17.6 Å². The average Bonchev–Trinajstić information content (AvgIpc) is 3.39. The number of piperidine rings is 1. The summed E-state index contributed by atoms with van der Waals surface area (Å²) in [4.78, 5) is 19.7. The van der Waals surface area contributed by atoms with Crippen LogP contribution in [0.1, 0.15) is 40.4 Å². The smallest absolute Gasteiger partial charge is 0.262 e. The number of anilines is 1. The summed E-state index contributed by atoms with van der Waals surface area (Å²) in [5.41, 5.74) is 4.04. The molecule has 4 heterocycles. The van der Waals surface area contributed by atoms with Crippen molar-refractivity contribution in [1.82, 2.24) is 29.3 Å². The zero-order valence-corrected chi connectivity index (χ0v) is 17.7. The number of carbonyl (C=O) groups is 1. The number of nitrogens with one attached hydrogen (secondary N) is 1. The predicted octanol–water partition coefficient (Wildman–Crippen LogP) is 3.28. The molecule has 1 N–H and O–H groups in total. The Hall–Kier alpha value is -3.52. The summed E-state index contributed by atoms with van der Waals surface area (Å²) in [7, 11) is 2.14. The third-order valence-corrected chi connectivity index (χ3v) is 5.82. The maximum atomic E-state index is 13.1. The second-order valence-electron chi connectivity index (χ2n) is 8.20. The molecule has 1 aliphatic heterocycles. The van der Waals surface area contributed by atoms with Crippen LogP contribution in [0, 0.1) is 6.92 Å². The number of amides is 1. The number of likely N-dealkylation sites (tertiary alicyclic amines) is 1. The van der Waals surface area contributed by atoms with E-state index in [1.54, 1.807) is 29.2 Å². The van der Waals surface area contributed by atoms with E-state index in [1.165, 1.54) is 5.56 Å². The minimum Gasteiger partial charge on any atom is -0.306 e. The molecule has 0 saturated carbocycles. The van der Waals surface area contributed by atoms with E-state index in [-0.39, 0.29) is 5.91 Å². The summed E-state index contributed by atoms with van der Waals surface area (Å²) in [5.74, 6) is 0.737. The Kier molecular flexibility index (Phi) is 4.99. The molecule has 1 aliphatic rings. The molecule has 4 aromatic rings. The molecule has 5 rings (SSSR count). The Morgan fingerprint density at radius 3 is 2.87 bits per heavy atom. The van der Waals surface area contributed by atoms with E-state index in [1.807, 2.05) is 35.0 Å². The van der Waals surface area contributed by atoms with E-state index in [0.29, 0.717) is 22.9 Å². The van der Waals surface area contributed by atoms with Crippen molar-refractivity contribution < 1.29 is 4.79 Å². The standard InChI is InChI=1S/C23H25N7O/c1-16-6-8-18(9-7-16)30-21(13-20(27-30)17-5-3-11-28(2)15-17)26-23(31)19-14-25-29-12-4-10-24-22(19)29/h4,6-10,12-14,17H,3,5,11,15H2,1-2H3,(H,26,31). The molecule has 0 radical (unpaired) electrons. The Morgan fingerprint density at radius 2 is 2.06 bits per heavy atom. The van der Waals surface area contributed by atoms with Crippen LogP contribution in [0.25, 0.3) is 11.3 Å². The number of likely N-dealkylation sites (N-methyl/N-ethyl adjacent to an activating group) is 1. The SMILES string of the molecule is Cc1ccc(-n2nc(C3CCCN(C)C3)cc2NC(=O)c2cnn3cccnc23)cc1. The van der Waals surface area contributed by atoms with Crippen molar-refractivity contribution in [2.24, 2.45) is 0 Å². The van der Waals surface area contributed by atoms with Gasteiger partial charge in [-0.2, -0.15) is 10.2 Å². The number of benzene rings is 1. The molecule has 0 bridgehead atoms. The van der Waals surface area contributed by atoms with E-state index in [2.05, 4.69) is 34.3 Å². The van der Waals surface area contributed by atoms with Gasteiger partial charge in [-0.05, 0) is 51.6 Å². The lowest BCUT2D eigenvalue weighted by Gasteiger charge is -2.28. The van der Waals surface area contributed by atoms with Crippen LogP contribution in [0.4, 0.5) is 5.82 Å². The van der Waals surface area contributed by atoms with Crippen LogP contribution < -0.4 is 5.32 Å². The minimum absolute atomic E-state index is 0.255. The number of fused-ring (bicyclic) bond motifs is 1. The number of carbonyl (C=O) groups excluding carboxylic acids is 1. The molecule has 0 aliphatic carbocycles. The van der Waals surface area contributed by atoms with Crippen LogP contribution in [0.2, 0.25) is 0 Å². The summed E-state index contributed by atoms with van der Waals surface area (Å²) >= 11 is 0. The molecule has 1 fully saturated rings. The normalized spacial score (nSPS) is 17.2. The van der Waals surface area contributed by atoms with Crippen LogP contribution >= 0.6 is 0 Å². The largest absolute Gasteiger partial charge is 0.306 e. The zero-order valence-electron chi connectivity index (χ0n) is 17.7. The molecule has 8 nitrogen and oxygen atoms in total. The summed E-state index contributed by atoms with van der Waals surface area (Å²) in [6.07, 6.45) is 7.21. The van der Waals surface area contributed by atoms with Gasteiger partial charge in [-0.15, -0.1) is 0 Å². The molecule has 1 atom stereocenters. The van der Waals surface area contributed by atoms with Gasteiger partial charge in [0.2, 0.25) is 0 Å². The predicted molar refractivity (Wildman–Crippen MR) is 119 cm³/mol. The van der Waals surface area contributed by atoms with E-state index in [9.17, 15) is 4.79 Å². The highest BCUT2D eigenvalue weighted by Crippen LogP contribution is 2.29. The first-order valence-electron chi connectivity index (χ1n) is 10.5. The lowest BCUT2D eigenvalue weighted by molar-refractivity contribution is 0.102. The molecular weight excluding hydrogens is 390 g/mol. The van der Waals surface area contributed by atoms with Crippen LogP contribution in [-0.2, 0) is 0 Å². The van der Waals surface area contributed by atoms with Gasteiger partial charge < -0.3 is 10.2 Å². The van der Waals surface area contributed by atoms with Gasteiger partial charge in [0.25, 0.3) is 5.91 Å². The van der Waals surface area contributed by atoms with Crippen molar-refractivity contribution in [1.29, 1.82) is 0 Å². The van der Waals surface area contributed by atoms with Gasteiger partial charge in [0, 0.05) is 30.9 Å². The average molecular weight is 416 g/mol. The van der Waals surface area contributed by atoms with Gasteiger partial charge in [0.15, 0.2) is 5.65 Å². The van der Waals surface area contributed by atoms with E-state index in [0.717, 1.165) is 37.3 Å². The van der Waals surface area contributed by atoms with Gasteiger partial charge in [0.1, 0.15) is 11.4 Å². The van der Waals surface area contributed by atoms with Crippen molar-refractivity contribution in [3.63, 3.8) is 0 Å². The van der Waals surface area contributed by atoms with Crippen LogP contribution in [-0.4, -0.2) is 55.3 Å². The molecule has 1 unspecified atom stereocenters. The van der Waals surface area contributed by atoms with E-state index < -0.39 is 0 Å². The van der Waals surface area contributed by atoms with Gasteiger partial charge in [-0.1, -0.05) is 17.7 Å². The molecule has 8 heteroatoms. The van der Waals surface area contributed by atoms with Crippen molar-refractivity contribution >= 4 is 17.4 Å². The maximum Gasteiger partial charge on any atom is 0.262 e. The fourth-order valence-corrected chi connectivity index (χ4v) is 4.15. The second-order valence-corrected chi connectivity index (χ2v) is 8.20. The number of aromatic nitrogens is 5. The van der Waals surface area contributed by atoms with Crippen molar-refractivity contribution in [3.05, 3.63) is 71.8 Å². The molecular formula is C23H25N7O. The first-order chi connectivity index (χ1) is 15.1. The molecule has 3 aromatic heterocycles. The first-order valence-corrected chi connectivity index (χ1v) is 10.5. The summed E-state index contributed by atoms with van der Waals surface area (Å²) < 4.78 is 3.41. The third-order valence-electron chi connectivity index (χ3n) is 5.82. The van der Waals surface area contributed by atoms with Gasteiger partial charge in [-0.3, -0.25) is 4.79 Å². The molecule has 1 aromatic carbocycles. The fraction of sp³-hybridized carbons (Fsp3) is 0.304. The molecule has 158 valence electrons. The van der Waals surface area contributed by atoms with E-state index >= 15 is 0 Å². The number of aryl methyl sites for hydroxylation is 1. The molecule has 31 heavy (non-hydrogen) atoms. The topological polar surface area (TPSA) is 80.4 Å². The quantitative estimate of drug-likeness (QED) is 0.553. The van der Waals surface area contributed by atoms with Crippen molar-refractivity contribution in [2.75, 3.05) is 25.5 Å². The number of nitrogens with zero attached hydrogens (tertiary/aromatic N) is 6. The summed E-state index contributed by atoms with van der Waals surface area (Å²) in [6, 6.07) is 11.9. The Labute approximate surface area is 180 Å².